The Hall–Kier alpha value is -1.92. The summed E-state index contributed by atoms with van der Waals surface area (Å²) in [5.74, 6) is -4.00. The van der Waals surface area contributed by atoms with Crippen molar-refractivity contribution in [3.05, 3.63) is 64.4 Å². The SMILES string of the molecule is NC(c1cnc2ccsc2c1)c1ccc(F)c(F)c1F. The van der Waals surface area contributed by atoms with E-state index in [0.717, 1.165) is 22.3 Å². The summed E-state index contributed by atoms with van der Waals surface area (Å²) in [6.45, 7) is 0. The Morgan fingerprint density at radius 3 is 2.70 bits per heavy atom. The average Bonchev–Trinajstić information content (AvgIpc) is 2.91. The minimum Gasteiger partial charge on any atom is -0.320 e. The highest BCUT2D eigenvalue weighted by molar-refractivity contribution is 7.17. The lowest BCUT2D eigenvalue weighted by atomic mass is 10.00. The van der Waals surface area contributed by atoms with Crippen molar-refractivity contribution in [1.29, 1.82) is 0 Å². The van der Waals surface area contributed by atoms with Crippen molar-refractivity contribution in [1.82, 2.24) is 4.98 Å². The van der Waals surface area contributed by atoms with Crippen molar-refractivity contribution in [2.45, 2.75) is 6.04 Å². The van der Waals surface area contributed by atoms with Crippen LogP contribution in [0.5, 0.6) is 0 Å². The number of hydrogen-bond acceptors (Lipinski definition) is 3. The molecule has 3 rings (SSSR count). The highest BCUT2D eigenvalue weighted by Gasteiger charge is 2.20. The molecule has 2 N–H and O–H groups in total. The predicted octanol–water partition coefficient (Wildman–Crippen LogP) is 3.76. The molecule has 0 bridgehead atoms. The topological polar surface area (TPSA) is 38.9 Å². The number of aromatic nitrogens is 1. The molecule has 20 heavy (non-hydrogen) atoms. The van der Waals surface area contributed by atoms with Gasteiger partial charge in [-0.3, -0.25) is 4.98 Å². The number of thiophene rings is 1. The summed E-state index contributed by atoms with van der Waals surface area (Å²) in [6.07, 6.45) is 1.51. The Kier molecular flexibility index (Phi) is 3.19. The van der Waals surface area contributed by atoms with Gasteiger partial charge in [0, 0.05) is 11.8 Å². The van der Waals surface area contributed by atoms with Gasteiger partial charge in [-0.2, -0.15) is 0 Å². The lowest BCUT2D eigenvalue weighted by Crippen LogP contribution is -2.15. The van der Waals surface area contributed by atoms with Crippen molar-refractivity contribution >= 4 is 21.6 Å². The van der Waals surface area contributed by atoms with Crippen molar-refractivity contribution < 1.29 is 13.2 Å². The van der Waals surface area contributed by atoms with Crippen molar-refractivity contribution in [2.24, 2.45) is 5.73 Å². The molecule has 0 amide bonds. The summed E-state index contributed by atoms with van der Waals surface area (Å²) in [5, 5.41) is 1.88. The monoisotopic (exact) mass is 294 g/mol. The number of hydrogen-bond donors (Lipinski definition) is 1. The molecule has 0 saturated heterocycles. The third-order valence-corrected chi connectivity index (χ3v) is 3.94. The summed E-state index contributed by atoms with van der Waals surface area (Å²) in [4.78, 5) is 4.20. The van der Waals surface area contributed by atoms with Crippen molar-refractivity contribution in [3.63, 3.8) is 0 Å². The van der Waals surface area contributed by atoms with Crippen LogP contribution >= 0.6 is 11.3 Å². The molecular formula is C14H9F3N2S. The first-order valence-corrected chi connectivity index (χ1v) is 6.68. The molecule has 3 aromatic rings. The number of fused-ring (bicyclic) bond motifs is 1. The lowest BCUT2D eigenvalue weighted by Gasteiger charge is -2.13. The van der Waals surface area contributed by atoms with Gasteiger partial charge in [0.05, 0.1) is 16.3 Å². The van der Waals surface area contributed by atoms with Crippen LogP contribution in [0.2, 0.25) is 0 Å². The Morgan fingerprint density at radius 2 is 1.90 bits per heavy atom. The van der Waals surface area contributed by atoms with E-state index in [2.05, 4.69) is 4.98 Å². The van der Waals surface area contributed by atoms with E-state index in [1.807, 2.05) is 11.4 Å². The van der Waals surface area contributed by atoms with E-state index in [1.165, 1.54) is 17.5 Å². The van der Waals surface area contributed by atoms with Gasteiger partial charge in [0.25, 0.3) is 0 Å². The maximum absolute atomic E-state index is 13.7. The molecule has 1 atom stereocenters. The summed E-state index contributed by atoms with van der Waals surface area (Å²) >= 11 is 1.48. The molecule has 0 spiro atoms. The lowest BCUT2D eigenvalue weighted by molar-refractivity contribution is 0.438. The molecule has 6 heteroatoms. The van der Waals surface area contributed by atoms with Gasteiger partial charge >= 0.3 is 0 Å². The second-order valence-electron chi connectivity index (χ2n) is 4.31. The summed E-state index contributed by atoms with van der Waals surface area (Å²) in [5.41, 5.74) is 7.20. The van der Waals surface area contributed by atoms with E-state index >= 15 is 0 Å². The molecule has 0 fully saturated rings. The first kappa shape index (κ1) is 13.1. The summed E-state index contributed by atoms with van der Waals surface area (Å²) in [7, 11) is 0. The van der Waals surface area contributed by atoms with Crippen LogP contribution in [0.15, 0.2) is 35.8 Å². The number of rotatable bonds is 2. The smallest absolute Gasteiger partial charge is 0.194 e. The highest BCUT2D eigenvalue weighted by Crippen LogP contribution is 2.27. The molecule has 2 heterocycles. The van der Waals surface area contributed by atoms with Crippen LogP contribution in [0, 0.1) is 17.5 Å². The summed E-state index contributed by atoms with van der Waals surface area (Å²) < 4.78 is 40.8. The van der Waals surface area contributed by atoms with Gasteiger partial charge in [-0.1, -0.05) is 6.07 Å². The first-order valence-electron chi connectivity index (χ1n) is 5.80. The van der Waals surface area contributed by atoms with Crippen LogP contribution in [0.1, 0.15) is 17.2 Å². The molecule has 0 saturated carbocycles. The van der Waals surface area contributed by atoms with Crippen LogP contribution < -0.4 is 5.73 Å². The number of nitrogens with two attached hydrogens (primary N) is 1. The van der Waals surface area contributed by atoms with Gasteiger partial charge in [-0.05, 0) is 29.1 Å². The molecule has 1 unspecified atom stereocenters. The number of nitrogens with zero attached hydrogens (tertiary/aromatic N) is 1. The number of halogens is 3. The van der Waals surface area contributed by atoms with Gasteiger partial charge in [-0.15, -0.1) is 11.3 Å². The Bertz CT molecular complexity index is 785. The minimum atomic E-state index is -1.51. The standard InChI is InChI=1S/C14H9F3N2S/c15-9-2-1-8(12(16)13(9)17)14(18)7-5-11-10(19-6-7)3-4-20-11/h1-6,14H,18H2. The molecule has 1 aromatic carbocycles. The van der Waals surface area contributed by atoms with Gasteiger partial charge in [0.1, 0.15) is 0 Å². The zero-order valence-corrected chi connectivity index (χ0v) is 10.9. The third kappa shape index (κ3) is 2.07. The number of benzene rings is 1. The van der Waals surface area contributed by atoms with Crippen LogP contribution in [-0.4, -0.2) is 4.98 Å². The van der Waals surface area contributed by atoms with Gasteiger partial charge in [0.2, 0.25) is 0 Å². The zero-order chi connectivity index (χ0) is 14.3. The van der Waals surface area contributed by atoms with E-state index in [0.29, 0.717) is 5.56 Å². The molecule has 2 nitrogen and oxygen atoms in total. The molecule has 102 valence electrons. The van der Waals surface area contributed by atoms with Gasteiger partial charge in [0.15, 0.2) is 17.5 Å². The second-order valence-corrected chi connectivity index (χ2v) is 5.26. The fourth-order valence-electron chi connectivity index (χ4n) is 1.99. The van der Waals surface area contributed by atoms with E-state index in [-0.39, 0.29) is 5.56 Å². The highest BCUT2D eigenvalue weighted by atomic mass is 32.1. The zero-order valence-electron chi connectivity index (χ0n) is 10.1. The molecular weight excluding hydrogens is 285 g/mol. The predicted molar refractivity (Wildman–Crippen MR) is 72.0 cm³/mol. The Labute approximate surface area is 116 Å². The second kappa shape index (κ2) is 4.88. The van der Waals surface area contributed by atoms with Gasteiger partial charge in [-0.25, -0.2) is 13.2 Å². The van der Waals surface area contributed by atoms with E-state index in [1.54, 1.807) is 6.07 Å². The van der Waals surface area contributed by atoms with Crippen molar-refractivity contribution in [2.75, 3.05) is 0 Å². The molecule has 0 aliphatic heterocycles. The van der Waals surface area contributed by atoms with E-state index in [4.69, 9.17) is 5.73 Å². The van der Waals surface area contributed by atoms with Gasteiger partial charge < -0.3 is 5.73 Å². The third-order valence-electron chi connectivity index (χ3n) is 3.08. The largest absolute Gasteiger partial charge is 0.320 e. The van der Waals surface area contributed by atoms with Crippen LogP contribution in [0.4, 0.5) is 13.2 Å². The minimum absolute atomic E-state index is 0.0957. The van der Waals surface area contributed by atoms with E-state index < -0.39 is 23.5 Å². The Balaban J connectivity index is 2.07. The van der Waals surface area contributed by atoms with E-state index in [9.17, 15) is 13.2 Å². The quantitative estimate of drug-likeness (QED) is 0.731. The maximum Gasteiger partial charge on any atom is 0.194 e. The fraction of sp³-hybridized carbons (Fsp3) is 0.0714. The Morgan fingerprint density at radius 1 is 1.10 bits per heavy atom. The van der Waals surface area contributed by atoms with Crippen molar-refractivity contribution in [3.8, 4) is 0 Å². The normalized spacial score (nSPS) is 12.8. The van der Waals surface area contributed by atoms with Crippen LogP contribution in [0.25, 0.3) is 10.2 Å². The first-order chi connectivity index (χ1) is 9.58. The maximum atomic E-state index is 13.7. The molecule has 2 aromatic heterocycles. The fourth-order valence-corrected chi connectivity index (χ4v) is 2.78. The molecule has 0 aliphatic rings. The average molecular weight is 294 g/mol. The molecule has 0 aliphatic carbocycles. The van der Waals surface area contributed by atoms with Crippen LogP contribution in [0.3, 0.4) is 0 Å². The summed E-state index contributed by atoms with van der Waals surface area (Å²) in [6, 6.07) is 4.75. The van der Waals surface area contributed by atoms with Crippen LogP contribution in [-0.2, 0) is 0 Å². The molecule has 0 radical (unpaired) electrons. The number of pyridine rings is 1.